The molecule has 194 valence electrons. The molecule has 0 bridgehead atoms. The van der Waals surface area contributed by atoms with Crippen LogP contribution in [0.2, 0.25) is 0 Å². The van der Waals surface area contributed by atoms with Gasteiger partial charge in [-0.15, -0.1) is 0 Å². The van der Waals surface area contributed by atoms with Gasteiger partial charge in [0.1, 0.15) is 11.6 Å². The molecule has 0 saturated carbocycles. The molecule has 2 aliphatic heterocycles. The molecule has 2 amide bonds. The number of nitrogens with one attached hydrogen (secondary N) is 1. The first-order chi connectivity index (χ1) is 19.1. The van der Waals surface area contributed by atoms with Gasteiger partial charge in [0.25, 0.3) is 0 Å². The Kier molecular flexibility index (Phi) is 5.36. The summed E-state index contributed by atoms with van der Waals surface area (Å²) in [4.78, 5) is 15.8. The van der Waals surface area contributed by atoms with Crippen LogP contribution in [-0.4, -0.2) is 32.1 Å². The van der Waals surface area contributed by atoms with E-state index in [1.807, 2.05) is 70.9 Å². The molecule has 8 nitrogen and oxygen atoms in total. The lowest BCUT2D eigenvalue weighted by atomic mass is 10.0. The highest BCUT2D eigenvalue weighted by Crippen LogP contribution is 2.39. The maximum atomic E-state index is 14.5. The Labute approximate surface area is 223 Å². The molecule has 0 spiro atoms. The molecular formula is C30H24FN5O3. The van der Waals surface area contributed by atoms with E-state index in [4.69, 9.17) is 14.6 Å². The number of hydrogen-bond acceptors (Lipinski definition) is 4. The maximum Gasteiger partial charge on any atom is 0.322 e. The third kappa shape index (κ3) is 3.90. The number of aromatic nitrogens is 3. The minimum Gasteiger partial charge on any atom is -0.454 e. The lowest BCUT2D eigenvalue weighted by molar-refractivity contribution is 0.174. The first kappa shape index (κ1) is 23.1. The monoisotopic (exact) mass is 521 g/mol. The number of para-hydroxylation sites is 1. The van der Waals surface area contributed by atoms with Gasteiger partial charge in [-0.2, -0.15) is 5.10 Å². The number of carbonyl (C=O) groups excluding carboxylic acids is 1. The number of anilines is 1. The Bertz CT molecular complexity index is 1710. The van der Waals surface area contributed by atoms with Gasteiger partial charge < -0.3 is 24.3 Å². The average Bonchev–Trinajstić information content (AvgIpc) is 3.66. The fourth-order valence-electron chi connectivity index (χ4n) is 5.35. The number of ether oxygens (including phenoxy) is 2. The largest absolute Gasteiger partial charge is 0.454 e. The fourth-order valence-corrected chi connectivity index (χ4v) is 5.35. The lowest BCUT2D eigenvalue weighted by Crippen LogP contribution is -2.38. The number of hydrogen-bond donors (Lipinski definition) is 1. The van der Waals surface area contributed by atoms with Crippen LogP contribution in [-0.2, 0) is 6.54 Å². The van der Waals surface area contributed by atoms with Gasteiger partial charge in [0.05, 0.1) is 29.7 Å². The average molecular weight is 522 g/mol. The van der Waals surface area contributed by atoms with Crippen LogP contribution in [0, 0.1) is 12.7 Å². The molecule has 0 radical (unpaired) electrons. The first-order valence-corrected chi connectivity index (χ1v) is 12.6. The van der Waals surface area contributed by atoms with Crippen molar-refractivity contribution < 1.29 is 18.7 Å². The normalized spacial score (nSPS) is 15.4. The Morgan fingerprint density at radius 3 is 2.67 bits per heavy atom. The van der Waals surface area contributed by atoms with E-state index in [9.17, 15) is 9.18 Å². The standard InChI is InChI=1S/C30H24FN5O3/c1-19-24-17-35(30(37)32-22-12-13-26-27(16-22)39-18-38-26)28(20-7-5-8-21(31)15-20)25-11-6-14-34(25)29(24)36(33-19)23-9-3-2-4-10-23/h2-16,28H,17-18H2,1H3,(H,32,37)/t28-/m0/s1. The summed E-state index contributed by atoms with van der Waals surface area (Å²) in [5.74, 6) is 1.68. The summed E-state index contributed by atoms with van der Waals surface area (Å²) < 4.78 is 29.4. The Morgan fingerprint density at radius 2 is 1.82 bits per heavy atom. The van der Waals surface area contributed by atoms with E-state index in [0.29, 0.717) is 22.7 Å². The van der Waals surface area contributed by atoms with Crippen molar-refractivity contribution in [2.45, 2.75) is 19.5 Å². The van der Waals surface area contributed by atoms with Crippen LogP contribution in [0.4, 0.5) is 14.9 Å². The summed E-state index contributed by atoms with van der Waals surface area (Å²) in [6.07, 6.45) is 1.96. The molecule has 0 saturated heterocycles. The van der Waals surface area contributed by atoms with Gasteiger partial charge >= 0.3 is 6.03 Å². The smallest absolute Gasteiger partial charge is 0.322 e. The van der Waals surface area contributed by atoms with Crippen LogP contribution < -0.4 is 14.8 Å². The van der Waals surface area contributed by atoms with Crippen molar-refractivity contribution in [3.8, 4) is 23.0 Å². The highest BCUT2D eigenvalue weighted by atomic mass is 19.1. The molecule has 4 heterocycles. The SMILES string of the molecule is Cc1nn(-c2ccccc2)c2c1CN(C(=O)Nc1ccc3c(c1)OCO3)[C@@H](c1cccc(F)c1)c1cccn1-2. The second kappa shape index (κ2) is 9.05. The second-order valence-electron chi connectivity index (χ2n) is 9.52. The molecule has 5 aromatic rings. The van der Waals surface area contributed by atoms with Crippen LogP contribution in [0.3, 0.4) is 0 Å². The van der Waals surface area contributed by atoms with Crippen LogP contribution in [0.25, 0.3) is 11.5 Å². The quantitative estimate of drug-likeness (QED) is 0.317. The number of aryl methyl sites for hydroxylation is 1. The predicted molar refractivity (Wildman–Crippen MR) is 143 cm³/mol. The summed E-state index contributed by atoms with van der Waals surface area (Å²) in [5.41, 5.74) is 4.65. The highest BCUT2D eigenvalue weighted by molar-refractivity contribution is 5.90. The van der Waals surface area contributed by atoms with E-state index in [1.165, 1.54) is 12.1 Å². The second-order valence-corrected chi connectivity index (χ2v) is 9.52. The Hall–Kier alpha value is -5.05. The number of nitrogens with zero attached hydrogens (tertiary/aromatic N) is 4. The minimum atomic E-state index is -0.569. The van der Waals surface area contributed by atoms with Crippen molar-refractivity contribution in [1.29, 1.82) is 0 Å². The zero-order chi connectivity index (χ0) is 26.5. The molecule has 0 unspecified atom stereocenters. The van der Waals surface area contributed by atoms with Gasteiger partial charge in [-0.1, -0.05) is 30.3 Å². The van der Waals surface area contributed by atoms with E-state index < -0.39 is 6.04 Å². The molecule has 2 aliphatic rings. The zero-order valence-corrected chi connectivity index (χ0v) is 21.0. The molecule has 0 aliphatic carbocycles. The maximum absolute atomic E-state index is 14.5. The summed E-state index contributed by atoms with van der Waals surface area (Å²) >= 11 is 0. The van der Waals surface area contributed by atoms with Gasteiger partial charge in [0.2, 0.25) is 6.79 Å². The lowest BCUT2D eigenvalue weighted by Gasteiger charge is -2.31. The van der Waals surface area contributed by atoms with Crippen LogP contribution in [0.15, 0.2) is 91.1 Å². The molecule has 0 fully saturated rings. The Balaban J connectivity index is 1.38. The molecule has 1 atom stereocenters. The summed E-state index contributed by atoms with van der Waals surface area (Å²) in [5, 5.41) is 7.88. The number of halogens is 1. The molecule has 2 aromatic heterocycles. The van der Waals surface area contributed by atoms with Gasteiger partial charge in [-0.3, -0.25) is 0 Å². The topological polar surface area (TPSA) is 73.6 Å². The van der Waals surface area contributed by atoms with Gasteiger partial charge in [-0.25, -0.2) is 13.9 Å². The van der Waals surface area contributed by atoms with E-state index >= 15 is 0 Å². The molecule has 39 heavy (non-hydrogen) atoms. The number of fused-ring (bicyclic) bond motifs is 4. The van der Waals surface area contributed by atoms with Crippen LogP contribution >= 0.6 is 0 Å². The van der Waals surface area contributed by atoms with Crippen molar-refractivity contribution >= 4 is 11.7 Å². The van der Waals surface area contributed by atoms with Crippen molar-refractivity contribution in [2.24, 2.45) is 0 Å². The number of benzene rings is 3. The molecule has 7 rings (SSSR count). The van der Waals surface area contributed by atoms with Crippen molar-refractivity contribution in [2.75, 3.05) is 12.1 Å². The van der Waals surface area contributed by atoms with Gasteiger partial charge in [-0.05, 0) is 61.0 Å². The molecule has 9 heteroatoms. The Morgan fingerprint density at radius 1 is 0.974 bits per heavy atom. The molecule has 1 N–H and O–H groups in total. The molecule has 3 aromatic carbocycles. The molecular weight excluding hydrogens is 497 g/mol. The fraction of sp³-hybridized carbons (Fsp3) is 0.133. The summed E-state index contributed by atoms with van der Waals surface area (Å²) in [6.45, 7) is 2.34. The van der Waals surface area contributed by atoms with Gasteiger partial charge in [0, 0.05) is 23.5 Å². The van der Waals surface area contributed by atoms with Crippen molar-refractivity contribution in [1.82, 2.24) is 19.2 Å². The van der Waals surface area contributed by atoms with E-state index in [0.717, 1.165) is 28.5 Å². The predicted octanol–water partition coefficient (Wildman–Crippen LogP) is 5.98. The number of rotatable bonds is 3. The highest BCUT2D eigenvalue weighted by Gasteiger charge is 2.36. The summed E-state index contributed by atoms with van der Waals surface area (Å²) in [6, 6.07) is 24.5. The van der Waals surface area contributed by atoms with Crippen molar-refractivity contribution in [3.63, 3.8) is 0 Å². The van der Waals surface area contributed by atoms with E-state index in [2.05, 4.69) is 5.32 Å². The van der Waals surface area contributed by atoms with Gasteiger partial charge in [0.15, 0.2) is 11.5 Å². The number of urea groups is 1. The van der Waals surface area contributed by atoms with E-state index in [1.54, 1.807) is 29.2 Å². The van der Waals surface area contributed by atoms with Crippen molar-refractivity contribution in [3.05, 3.63) is 119 Å². The van der Waals surface area contributed by atoms with Crippen LogP contribution in [0.1, 0.15) is 28.6 Å². The summed E-state index contributed by atoms with van der Waals surface area (Å²) in [7, 11) is 0. The minimum absolute atomic E-state index is 0.144. The number of amides is 2. The van der Waals surface area contributed by atoms with E-state index in [-0.39, 0.29) is 25.2 Å². The third-order valence-electron chi connectivity index (χ3n) is 7.14. The number of carbonyl (C=O) groups is 1. The zero-order valence-electron chi connectivity index (χ0n) is 21.0. The van der Waals surface area contributed by atoms with Crippen LogP contribution in [0.5, 0.6) is 11.5 Å². The third-order valence-corrected chi connectivity index (χ3v) is 7.14. The first-order valence-electron chi connectivity index (χ1n) is 12.6.